The van der Waals surface area contributed by atoms with Crippen LogP contribution in [0.1, 0.15) is 52.9 Å². The Kier molecular flexibility index (Phi) is 5.62. The van der Waals surface area contributed by atoms with Gasteiger partial charge in [-0.2, -0.15) is 0 Å². The summed E-state index contributed by atoms with van der Waals surface area (Å²) in [6.45, 7) is 8.90. The van der Waals surface area contributed by atoms with Gasteiger partial charge in [0.1, 0.15) is 0 Å². The maximum Gasteiger partial charge on any atom is 0.0526 e. The standard InChI is InChI=1S/C13H27NO/c1-4-13-6-5-8-14(9-7-13)11(2)10-12(3)15/h11-13,15H,4-10H2,1-3H3. The summed E-state index contributed by atoms with van der Waals surface area (Å²) < 4.78 is 0. The van der Waals surface area contributed by atoms with Crippen molar-refractivity contribution in [3.8, 4) is 0 Å². The molecule has 0 aromatic carbocycles. The molecule has 0 spiro atoms. The number of aliphatic hydroxyl groups is 1. The highest BCUT2D eigenvalue weighted by molar-refractivity contribution is 4.74. The normalized spacial score (nSPS) is 28.4. The first-order chi connectivity index (χ1) is 7.13. The Morgan fingerprint density at radius 3 is 2.60 bits per heavy atom. The van der Waals surface area contributed by atoms with Gasteiger partial charge in [0.2, 0.25) is 0 Å². The summed E-state index contributed by atoms with van der Waals surface area (Å²) in [5.41, 5.74) is 0. The Morgan fingerprint density at radius 2 is 2.00 bits per heavy atom. The monoisotopic (exact) mass is 213 g/mol. The van der Waals surface area contributed by atoms with Crippen LogP contribution in [0.3, 0.4) is 0 Å². The van der Waals surface area contributed by atoms with Crippen LogP contribution in [0.15, 0.2) is 0 Å². The van der Waals surface area contributed by atoms with Gasteiger partial charge < -0.3 is 10.0 Å². The van der Waals surface area contributed by atoms with Crippen LogP contribution >= 0.6 is 0 Å². The molecule has 0 aliphatic carbocycles. The van der Waals surface area contributed by atoms with Crippen LogP contribution in [-0.4, -0.2) is 35.2 Å². The van der Waals surface area contributed by atoms with Gasteiger partial charge in [-0.3, -0.25) is 0 Å². The summed E-state index contributed by atoms with van der Waals surface area (Å²) in [6.07, 6.45) is 6.16. The van der Waals surface area contributed by atoms with Crippen molar-refractivity contribution in [3.05, 3.63) is 0 Å². The summed E-state index contributed by atoms with van der Waals surface area (Å²) in [5.74, 6) is 0.939. The average molecular weight is 213 g/mol. The van der Waals surface area contributed by atoms with Gasteiger partial charge in [0, 0.05) is 6.04 Å². The smallest absolute Gasteiger partial charge is 0.0526 e. The first-order valence-corrected chi connectivity index (χ1v) is 6.55. The molecule has 3 unspecified atom stereocenters. The van der Waals surface area contributed by atoms with Gasteiger partial charge in [-0.15, -0.1) is 0 Å². The van der Waals surface area contributed by atoms with Gasteiger partial charge in [0.25, 0.3) is 0 Å². The Labute approximate surface area is 94.7 Å². The molecule has 1 N–H and O–H groups in total. The van der Waals surface area contributed by atoms with Crippen LogP contribution < -0.4 is 0 Å². The van der Waals surface area contributed by atoms with E-state index in [0.29, 0.717) is 6.04 Å². The fourth-order valence-corrected chi connectivity index (χ4v) is 2.68. The second-order valence-electron chi connectivity index (χ2n) is 5.17. The number of aliphatic hydroxyl groups excluding tert-OH is 1. The van der Waals surface area contributed by atoms with E-state index in [1.54, 1.807) is 0 Å². The SMILES string of the molecule is CCC1CCCN(C(C)CC(C)O)CC1. The molecule has 1 aliphatic rings. The number of likely N-dealkylation sites (tertiary alicyclic amines) is 1. The molecule has 1 rings (SSSR count). The fraction of sp³-hybridized carbons (Fsp3) is 1.00. The third kappa shape index (κ3) is 4.52. The van der Waals surface area contributed by atoms with E-state index in [1.165, 1.54) is 38.8 Å². The van der Waals surface area contributed by atoms with Crippen molar-refractivity contribution in [1.29, 1.82) is 0 Å². The minimum atomic E-state index is -0.162. The Morgan fingerprint density at radius 1 is 1.27 bits per heavy atom. The topological polar surface area (TPSA) is 23.5 Å². The van der Waals surface area contributed by atoms with Crippen LogP contribution in [0, 0.1) is 5.92 Å². The van der Waals surface area contributed by atoms with E-state index in [4.69, 9.17) is 0 Å². The molecule has 90 valence electrons. The van der Waals surface area contributed by atoms with Crippen molar-refractivity contribution in [2.45, 2.75) is 65.0 Å². The number of nitrogens with zero attached hydrogens (tertiary/aromatic N) is 1. The molecule has 3 atom stereocenters. The summed E-state index contributed by atoms with van der Waals surface area (Å²) in [7, 11) is 0. The van der Waals surface area contributed by atoms with Gasteiger partial charge in [-0.1, -0.05) is 13.3 Å². The van der Waals surface area contributed by atoms with E-state index in [2.05, 4.69) is 18.7 Å². The maximum absolute atomic E-state index is 9.40. The van der Waals surface area contributed by atoms with Crippen molar-refractivity contribution in [3.63, 3.8) is 0 Å². The number of rotatable bonds is 4. The lowest BCUT2D eigenvalue weighted by Crippen LogP contribution is -2.36. The molecule has 1 aliphatic heterocycles. The Hall–Kier alpha value is -0.0800. The Balaban J connectivity index is 2.35. The average Bonchev–Trinajstić information content (AvgIpc) is 2.41. The highest BCUT2D eigenvalue weighted by Gasteiger charge is 2.20. The zero-order chi connectivity index (χ0) is 11.3. The fourth-order valence-electron chi connectivity index (χ4n) is 2.68. The summed E-state index contributed by atoms with van der Waals surface area (Å²) >= 11 is 0. The van der Waals surface area contributed by atoms with E-state index in [0.717, 1.165) is 12.3 Å². The second kappa shape index (κ2) is 6.49. The van der Waals surface area contributed by atoms with Crippen LogP contribution in [0.4, 0.5) is 0 Å². The molecule has 0 aromatic heterocycles. The van der Waals surface area contributed by atoms with Crippen molar-refractivity contribution in [1.82, 2.24) is 4.90 Å². The Bertz CT molecular complexity index is 170. The third-order valence-electron chi connectivity index (χ3n) is 3.77. The van der Waals surface area contributed by atoms with E-state index < -0.39 is 0 Å². The minimum Gasteiger partial charge on any atom is -0.393 e. The van der Waals surface area contributed by atoms with Crippen molar-refractivity contribution < 1.29 is 5.11 Å². The molecule has 0 bridgehead atoms. The molecule has 15 heavy (non-hydrogen) atoms. The van der Waals surface area contributed by atoms with E-state index in [-0.39, 0.29) is 6.10 Å². The van der Waals surface area contributed by atoms with Crippen molar-refractivity contribution in [2.24, 2.45) is 5.92 Å². The van der Waals surface area contributed by atoms with Crippen LogP contribution in [0.25, 0.3) is 0 Å². The lowest BCUT2D eigenvalue weighted by molar-refractivity contribution is 0.121. The van der Waals surface area contributed by atoms with E-state index in [1.807, 2.05) is 6.92 Å². The molecule has 1 heterocycles. The quantitative estimate of drug-likeness (QED) is 0.776. The molecule has 0 aromatic rings. The van der Waals surface area contributed by atoms with Crippen LogP contribution in [-0.2, 0) is 0 Å². The van der Waals surface area contributed by atoms with Gasteiger partial charge in [0.15, 0.2) is 0 Å². The van der Waals surface area contributed by atoms with Gasteiger partial charge in [-0.25, -0.2) is 0 Å². The molecule has 0 radical (unpaired) electrons. The molecule has 2 heteroatoms. The molecular formula is C13H27NO. The first kappa shape index (κ1) is 13.0. The number of hydrogen-bond acceptors (Lipinski definition) is 2. The highest BCUT2D eigenvalue weighted by atomic mass is 16.3. The molecule has 2 nitrogen and oxygen atoms in total. The molecule has 1 saturated heterocycles. The lowest BCUT2D eigenvalue weighted by Gasteiger charge is -2.28. The highest BCUT2D eigenvalue weighted by Crippen LogP contribution is 2.22. The molecular weight excluding hydrogens is 186 g/mol. The summed E-state index contributed by atoms with van der Waals surface area (Å²) in [5, 5.41) is 9.40. The van der Waals surface area contributed by atoms with Crippen molar-refractivity contribution >= 4 is 0 Å². The lowest BCUT2D eigenvalue weighted by atomic mass is 9.98. The van der Waals surface area contributed by atoms with Gasteiger partial charge in [-0.05, 0) is 58.5 Å². The largest absolute Gasteiger partial charge is 0.393 e. The predicted octanol–water partition coefficient (Wildman–Crippen LogP) is 2.66. The zero-order valence-electron chi connectivity index (χ0n) is 10.6. The van der Waals surface area contributed by atoms with Gasteiger partial charge >= 0.3 is 0 Å². The van der Waals surface area contributed by atoms with Crippen LogP contribution in [0.5, 0.6) is 0 Å². The second-order valence-corrected chi connectivity index (χ2v) is 5.17. The minimum absolute atomic E-state index is 0.162. The van der Waals surface area contributed by atoms with Crippen LogP contribution in [0.2, 0.25) is 0 Å². The molecule has 1 fully saturated rings. The maximum atomic E-state index is 9.40. The van der Waals surface area contributed by atoms with Crippen molar-refractivity contribution in [2.75, 3.05) is 13.1 Å². The van der Waals surface area contributed by atoms with E-state index >= 15 is 0 Å². The predicted molar refractivity (Wildman–Crippen MR) is 65.0 cm³/mol. The first-order valence-electron chi connectivity index (χ1n) is 6.55. The van der Waals surface area contributed by atoms with E-state index in [9.17, 15) is 5.11 Å². The van der Waals surface area contributed by atoms with Gasteiger partial charge in [0.05, 0.1) is 6.10 Å². The molecule has 0 amide bonds. The zero-order valence-corrected chi connectivity index (χ0v) is 10.6. The number of hydrogen-bond donors (Lipinski definition) is 1. The summed E-state index contributed by atoms with van der Waals surface area (Å²) in [4.78, 5) is 2.56. The summed E-state index contributed by atoms with van der Waals surface area (Å²) in [6, 6.07) is 0.542. The molecule has 0 saturated carbocycles. The third-order valence-corrected chi connectivity index (χ3v) is 3.77.